The number of nitrogens with one attached hydrogen (secondary N) is 1. The fourth-order valence-electron chi connectivity index (χ4n) is 1.88. The molecule has 1 N–H and O–H groups in total. The average Bonchev–Trinajstić information content (AvgIpc) is 2.34. The van der Waals surface area contributed by atoms with E-state index < -0.39 is 11.6 Å². The average molecular weight is 243 g/mol. The van der Waals surface area contributed by atoms with E-state index in [1.165, 1.54) is 13.2 Å². The van der Waals surface area contributed by atoms with Gasteiger partial charge in [-0.1, -0.05) is 0 Å². The largest absolute Gasteiger partial charge is 0.494 e. The molecule has 0 aliphatic carbocycles. The van der Waals surface area contributed by atoms with Crippen LogP contribution in [-0.4, -0.2) is 32.9 Å². The molecule has 1 heterocycles. The number of hydrogen-bond donors (Lipinski definition) is 1. The molecule has 0 spiro atoms. The Balaban J connectivity index is 2.12. The summed E-state index contributed by atoms with van der Waals surface area (Å²) in [5.41, 5.74) is 0.317. The SMILES string of the molecule is COc1cc(F)c(CC2CNCCO2)cc1F. The van der Waals surface area contributed by atoms with Crippen LogP contribution >= 0.6 is 0 Å². The second-order valence-corrected chi connectivity index (χ2v) is 3.98. The molecule has 1 saturated heterocycles. The Hall–Kier alpha value is -1.20. The fraction of sp³-hybridized carbons (Fsp3) is 0.500. The van der Waals surface area contributed by atoms with Gasteiger partial charge in [-0.3, -0.25) is 0 Å². The van der Waals surface area contributed by atoms with Crippen LogP contribution in [0, 0.1) is 11.6 Å². The molecular formula is C12H15F2NO2. The Labute approximate surface area is 98.7 Å². The Morgan fingerprint density at radius 1 is 1.41 bits per heavy atom. The number of ether oxygens (including phenoxy) is 2. The number of halogens is 2. The lowest BCUT2D eigenvalue weighted by Gasteiger charge is -2.23. The summed E-state index contributed by atoms with van der Waals surface area (Å²) in [6.45, 7) is 2.06. The number of methoxy groups -OCH3 is 1. The van der Waals surface area contributed by atoms with E-state index >= 15 is 0 Å². The van der Waals surface area contributed by atoms with Crippen molar-refractivity contribution in [2.24, 2.45) is 0 Å². The molecule has 2 rings (SSSR count). The zero-order valence-electron chi connectivity index (χ0n) is 9.63. The van der Waals surface area contributed by atoms with Gasteiger partial charge in [-0.15, -0.1) is 0 Å². The summed E-state index contributed by atoms with van der Waals surface area (Å²) in [7, 11) is 1.31. The molecule has 1 fully saturated rings. The minimum atomic E-state index is -0.548. The molecule has 1 aromatic carbocycles. The topological polar surface area (TPSA) is 30.5 Å². The van der Waals surface area contributed by atoms with E-state index in [0.717, 1.165) is 12.6 Å². The van der Waals surface area contributed by atoms with Crippen LogP contribution in [0.2, 0.25) is 0 Å². The van der Waals surface area contributed by atoms with E-state index in [9.17, 15) is 8.78 Å². The van der Waals surface area contributed by atoms with Crippen LogP contribution in [0.1, 0.15) is 5.56 Å². The summed E-state index contributed by atoms with van der Waals surface area (Å²) in [5, 5.41) is 3.15. The second kappa shape index (κ2) is 5.42. The van der Waals surface area contributed by atoms with E-state index in [2.05, 4.69) is 5.32 Å². The van der Waals surface area contributed by atoms with Crippen LogP contribution in [-0.2, 0) is 11.2 Å². The molecule has 94 valence electrons. The molecule has 1 atom stereocenters. The molecule has 0 bridgehead atoms. The van der Waals surface area contributed by atoms with Crippen LogP contribution in [0.3, 0.4) is 0 Å². The molecule has 0 saturated carbocycles. The van der Waals surface area contributed by atoms with Crippen molar-refractivity contribution in [2.75, 3.05) is 26.8 Å². The van der Waals surface area contributed by atoms with Gasteiger partial charge in [-0.2, -0.15) is 0 Å². The molecule has 0 amide bonds. The van der Waals surface area contributed by atoms with Crippen molar-refractivity contribution in [1.29, 1.82) is 0 Å². The van der Waals surface area contributed by atoms with Crippen molar-refractivity contribution < 1.29 is 18.3 Å². The van der Waals surface area contributed by atoms with Crippen molar-refractivity contribution >= 4 is 0 Å². The molecule has 3 nitrogen and oxygen atoms in total. The summed E-state index contributed by atoms with van der Waals surface area (Å²) in [6.07, 6.45) is 0.255. The van der Waals surface area contributed by atoms with Crippen molar-refractivity contribution in [3.8, 4) is 5.75 Å². The standard InChI is InChI=1S/C12H15F2NO2/c1-16-12-6-10(13)8(5-11(12)14)4-9-7-15-2-3-17-9/h5-6,9,15H,2-4,7H2,1H3. The molecule has 5 heteroatoms. The highest BCUT2D eigenvalue weighted by atomic mass is 19.1. The zero-order valence-corrected chi connectivity index (χ0v) is 9.63. The van der Waals surface area contributed by atoms with Gasteiger partial charge in [0, 0.05) is 25.6 Å². The normalized spacial score (nSPS) is 20.3. The first-order chi connectivity index (χ1) is 8.20. The lowest BCUT2D eigenvalue weighted by Crippen LogP contribution is -2.39. The molecule has 17 heavy (non-hydrogen) atoms. The van der Waals surface area contributed by atoms with Crippen LogP contribution in [0.25, 0.3) is 0 Å². The van der Waals surface area contributed by atoms with Gasteiger partial charge >= 0.3 is 0 Å². The summed E-state index contributed by atoms with van der Waals surface area (Å²) in [5.74, 6) is -1.08. The quantitative estimate of drug-likeness (QED) is 0.872. The molecule has 1 aliphatic heterocycles. The van der Waals surface area contributed by atoms with Crippen molar-refractivity contribution in [1.82, 2.24) is 5.32 Å². The first kappa shape index (κ1) is 12.3. The Morgan fingerprint density at radius 2 is 2.24 bits per heavy atom. The van der Waals surface area contributed by atoms with Crippen molar-refractivity contribution in [2.45, 2.75) is 12.5 Å². The van der Waals surface area contributed by atoms with Gasteiger partial charge in [0.15, 0.2) is 11.6 Å². The van der Waals surface area contributed by atoms with Crippen LogP contribution in [0.5, 0.6) is 5.75 Å². The van der Waals surface area contributed by atoms with Gasteiger partial charge in [0.25, 0.3) is 0 Å². The van der Waals surface area contributed by atoms with Crippen LogP contribution in [0.4, 0.5) is 8.78 Å². The lowest BCUT2D eigenvalue weighted by molar-refractivity contribution is 0.0287. The molecular weight excluding hydrogens is 228 g/mol. The molecule has 0 radical (unpaired) electrons. The maximum atomic E-state index is 13.6. The van der Waals surface area contributed by atoms with E-state index in [1.807, 2.05) is 0 Å². The molecule has 0 aromatic heterocycles. The first-order valence-corrected chi connectivity index (χ1v) is 5.55. The summed E-state index contributed by atoms with van der Waals surface area (Å²) in [6, 6.07) is 2.24. The Kier molecular flexibility index (Phi) is 3.91. The first-order valence-electron chi connectivity index (χ1n) is 5.55. The highest BCUT2D eigenvalue weighted by Crippen LogP contribution is 2.22. The third kappa shape index (κ3) is 2.92. The van der Waals surface area contributed by atoms with Gasteiger partial charge in [0.2, 0.25) is 0 Å². The van der Waals surface area contributed by atoms with E-state index in [4.69, 9.17) is 9.47 Å². The fourth-order valence-corrected chi connectivity index (χ4v) is 1.88. The highest BCUT2D eigenvalue weighted by Gasteiger charge is 2.18. The summed E-state index contributed by atoms with van der Waals surface area (Å²) >= 11 is 0. The lowest BCUT2D eigenvalue weighted by atomic mass is 10.1. The minimum absolute atomic E-state index is 0.0751. The van der Waals surface area contributed by atoms with E-state index in [-0.39, 0.29) is 11.9 Å². The maximum absolute atomic E-state index is 13.6. The number of morpholine rings is 1. The van der Waals surface area contributed by atoms with Gasteiger partial charge < -0.3 is 14.8 Å². The summed E-state index contributed by atoms with van der Waals surface area (Å²) in [4.78, 5) is 0. The second-order valence-electron chi connectivity index (χ2n) is 3.98. The molecule has 1 aromatic rings. The third-order valence-electron chi connectivity index (χ3n) is 2.77. The highest BCUT2D eigenvalue weighted by molar-refractivity contribution is 5.31. The van der Waals surface area contributed by atoms with Gasteiger partial charge in [0.05, 0.1) is 19.8 Å². The van der Waals surface area contributed by atoms with Crippen molar-refractivity contribution in [3.05, 3.63) is 29.3 Å². The Bertz CT molecular complexity index is 392. The van der Waals surface area contributed by atoms with E-state index in [0.29, 0.717) is 25.1 Å². The van der Waals surface area contributed by atoms with Gasteiger partial charge in [-0.05, 0) is 11.6 Å². The van der Waals surface area contributed by atoms with Crippen LogP contribution < -0.4 is 10.1 Å². The molecule has 1 aliphatic rings. The van der Waals surface area contributed by atoms with Crippen LogP contribution in [0.15, 0.2) is 12.1 Å². The van der Waals surface area contributed by atoms with Crippen molar-refractivity contribution in [3.63, 3.8) is 0 Å². The predicted octanol–water partition coefficient (Wildman–Crippen LogP) is 1.50. The zero-order chi connectivity index (χ0) is 12.3. The molecule has 1 unspecified atom stereocenters. The Morgan fingerprint density at radius 3 is 2.88 bits per heavy atom. The monoisotopic (exact) mass is 243 g/mol. The smallest absolute Gasteiger partial charge is 0.165 e. The maximum Gasteiger partial charge on any atom is 0.165 e. The summed E-state index contributed by atoms with van der Waals surface area (Å²) < 4.78 is 37.2. The number of rotatable bonds is 3. The number of hydrogen-bond acceptors (Lipinski definition) is 3. The third-order valence-corrected chi connectivity index (χ3v) is 2.77. The van der Waals surface area contributed by atoms with E-state index in [1.54, 1.807) is 0 Å². The predicted molar refractivity (Wildman–Crippen MR) is 59.2 cm³/mol. The van der Waals surface area contributed by atoms with Gasteiger partial charge in [0.1, 0.15) is 5.82 Å². The van der Waals surface area contributed by atoms with Gasteiger partial charge in [-0.25, -0.2) is 8.78 Å². The number of benzene rings is 1. The minimum Gasteiger partial charge on any atom is -0.494 e.